The Bertz CT molecular complexity index is 738. The van der Waals surface area contributed by atoms with Crippen LogP contribution in [0.25, 0.3) is 0 Å². The molecule has 0 saturated heterocycles. The van der Waals surface area contributed by atoms with Gasteiger partial charge in [-0.1, -0.05) is 32.0 Å². The zero-order valence-corrected chi connectivity index (χ0v) is 12.8. The second-order valence-corrected chi connectivity index (χ2v) is 7.88. The number of nitrogens with zero attached hydrogens (tertiary/aromatic N) is 2. The summed E-state index contributed by atoms with van der Waals surface area (Å²) in [5.41, 5.74) is 0.814. The lowest BCUT2D eigenvalue weighted by molar-refractivity contribution is 0.598. The zero-order chi connectivity index (χ0) is 14.3. The summed E-state index contributed by atoms with van der Waals surface area (Å²) in [5, 5.41) is 3.87. The van der Waals surface area contributed by atoms with Gasteiger partial charge in [0.05, 0.1) is 16.7 Å². The highest BCUT2D eigenvalue weighted by Crippen LogP contribution is 2.35. The van der Waals surface area contributed by atoms with E-state index in [1.807, 2.05) is 26.0 Å². The number of sulfone groups is 1. The summed E-state index contributed by atoms with van der Waals surface area (Å²) in [4.78, 5) is 4.82. The molecule has 7 heteroatoms. The van der Waals surface area contributed by atoms with Crippen molar-refractivity contribution in [2.24, 2.45) is 0 Å². The monoisotopic (exact) mass is 309 g/mol. The molecule has 1 aromatic heterocycles. The molecule has 0 radical (unpaired) electrons. The lowest BCUT2D eigenvalue weighted by atomic mass is 10.1. The van der Waals surface area contributed by atoms with E-state index in [4.69, 9.17) is 0 Å². The molecule has 2 aromatic rings. The van der Waals surface area contributed by atoms with Crippen molar-refractivity contribution in [1.82, 2.24) is 9.36 Å². The number of aromatic nitrogens is 2. The van der Waals surface area contributed by atoms with Crippen LogP contribution < -0.4 is 5.32 Å². The lowest BCUT2D eigenvalue weighted by Gasteiger charge is -2.10. The summed E-state index contributed by atoms with van der Waals surface area (Å²) < 4.78 is 28.5. The van der Waals surface area contributed by atoms with E-state index >= 15 is 0 Å². The van der Waals surface area contributed by atoms with Crippen molar-refractivity contribution in [3.05, 3.63) is 35.7 Å². The van der Waals surface area contributed by atoms with Crippen molar-refractivity contribution >= 4 is 26.5 Å². The van der Waals surface area contributed by atoms with Gasteiger partial charge in [0, 0.05) is 17.5 Å². The number of anilines is 1. The van der Waals surface area contributed by atoms with Crippen LogP contribution in [0.15, 0.2) is 29.2 Å². The van der Waals surface area contributed by atoms with E-state index in [1.54, 1.807) is 12.1 Å². The van der Waals surface area contributed by atoms with Crippen molar-refractivity contribution < 1.29 is 8.42 Å². The zero-order valence-electron chi connectivity index (χ0n) is 11.2. The normalized spacial score (nSPS) is 20.1. The molecular weight excluding hydrogens is 294 g/mol. The van der Waals surface area contributed by atoms with Gasteiger partial charge < -0.3 is 5.32 Å². The van der Waals surface area contributed by atoms with Crippen LogP contribution in [0.1, 0.15) is 37.2 Å². The summed E-state index contributed by atoms with van der Waals surface area (Å²) >= 11 is 1.27. The van der Waals surface area contributed by atoms with Crippen LogP contribution >= 0.6 is 11.5 Å². The molecule has 1 atom stereocenters. The lowest BCUT2D eigenvalue weighted by Crippen LogP contribution is -2.12. The molecule has 0 bridgehead atoms. The molecule has 106 valence electrons. The molecule has 1 aliphatic rings. The number of nitrogens with one attached hydrogen (secondary N) is 1. The molecule has 5 nitrogen and oxygen atoms in total. The van der Waals surface area contributed by atoms with Gasteiger partial charge in [0.15, 0.2) is 9.84 Å². The van der Waals surface area contributed by atoms with Crippen molar-refractivity contribution in [3.8, 4) is 0 Å². The van der Waals surface area contributed by atoms with E-state index in [1.165, 1.54) is 11.5 Å². The minimum atomic E-state index is -3.19. The highest BCUT2D eigenvalue weighted by molar-refractivity contribution is 7.91. The molecule has 1 N–H and O–H groups in total. The number of fused-ring (bicyclic) bond motifs is 1. The van der Waals surface area contributed by atoms with Gasteiger partial charge in [0.2, 0.25) is 5.13 Å². The van der Waals surface area contributed by atoms with Gasteiger partial charge in [-0.2, -0.15) is 4.37 Å². The summed E-state index contributed by atoms with van der Waals surface area (Å²) in [7, 11) is -3.19. The van der Waals surface area contributed by atoms with Gasteiger partial charge in [-0.3, -0.25) is 0 Å². The second kappa shape index (κ2) is 4.82. The molecule has 1 aromatic carbocycles. The van der Waals surface area contributed by atoms with Gasteiger partial charge in [-0.15, -0.1) is 0 Å². The molecule has 0 unspecified atom stereocenters. The average molecular weight is 309 g/mol. The smallest absolute Gasteiger partial charge is 0.203 e. The summed E-state index contributed by atoms with van der Waals surface area (Å²) in [6, 6.07) is 6.87. The van der Waals surface area contributed by atoms with Crippen molar-refractivity contribution in [2.45, 2.75) is 30.7 Å². The highest BCUT2D eigenvalue weighted by atomic mass is 32.2. The molecule has 0 aliphatic carbocycles. The third-order valence-corrected chi connectivity index (χ3v) is 5.75. The Kier molecular flexibility index (Phi) is 3.25. The molecule has 0 spiro atoms. The van der Waals surface area contributed by atoms with E-state index in [0.717, 1.165) is 11.4 Å². The second-order valence-electron chi connectivity index (χ2n) is 5.13. The Balaban J connectivity index is 1.89. The first kappa shape index (κ1) is 13.5. The minimum Gasteiger partial charge on any atom is -0.352 e. The largest absolute Gasteiger partial charge is 0.352 e. The number of hydrogen-bond acceptors (Lipinski definition) is 6. The fraction of sp³-hybridized carbons (Fsp3) is 0.385. The third kappa shape index (κ3) is 2.31. The summed E-state index contributed by atoms with van der Waals surface area (Å²) in [6.07, 6.45) is 0. The van der Waals surface area contributed by atoms with Crippen LogP contribution in [-0.2, 0) is 9.84 Å². The molecule has 0 fully saturated rings. The number of rotatable bonds is 3. The molecule has 0 saturated carbocycles. The van der Waals surface area contributed by atoms with Crippen LogP contribution in [0.3, 0.4) is 0 Å². The Hall–Kier alpha value is -1.47. The third-order valence-electron chi connectivity index (χ3n) is 3.27. The van der Waals surface area contributed by atoms with Crippen molar-refractivity contribution in [2.75, 3.05) is 11.1 Å². The average Bonchev–Trinajstić information content (AvgIpc) is 2.95. The first-order chi connectivity index (χ1) is 9.47. The first-order valence-corrected chi connectivity index (χ1v) is 8.82. The Labute approximate surface area is 122 Å². The first-order valence-electron chi connectivity index (χ1n) is 6.39. The fourth-order valence-corrected chi connectivity index (χ4v) is 4.74. The van der Waals surface area contributed by atoms with Gasteiger partial charge >= 0.3 is 0 Å². The topological polar surface area (TPSA) is 72.0 Å². The van der Waals surface area contributed by atoms with E-state index in [0.29, 0.717) is 10.0 Å². The maximum absolute atomic E-state index is 12.1. The highest BCUT2D eigenvalue weighted by Gasteiger charge is 2.34. The van der Waals surface area contributed by atoms with E-state index < -0.39 is 9.84 Å². The maximum Gasteiger partial charge on any atom is 0.203 e. The number of hydrogen-bond donors (Lipinski definition) is 1. The molecular formula is C13H15N3O2S2. The standard InChI is InChI=1S/C13H15N3O2S2/c1-8(2)12-15-13(19-16-12)14-10-7-20(17,18)11-6-4-3-5-9(10)11/h3-6,8,10H,7H2,1-2H3,(H,14,15,16)/t10-/m1/s1. The Morgan fingerprint density at radius 3 is 2.80 bits per heavy atom. The quantitative estimate of drug-likeness (QED) is 0.943. The fourth-order valence-electron chi connectivity index (χ4n) is 2.25. The van der Waals surface area contributed by atoms with Gasteiger partial charge in [0.1, 0.15) is 5.82 Å². The van der Waals surface area contributed by atoms with E-state index in [2.05, 4.69) is 14.7 Å². The SMILES string of the molecule is CC(C)c1nsc(N[C@@H]2CS(=O)(=O)c3ccccc32)n1. The predicted octanol–water partition coefficient (Wildman–Crippen LogP) is 2.60. The van der Waals surface area contributed by atoms with Crippen LogP contribution in [0.5, 0.6) is 0 Å². The molecule has 1 aliphatic heterocycles. The Morgan fingerprint density at radius 1 is 1.35 bits per heavy atom. The van der Waals surface area contributed by atoms with Crippen LogP contribution in [0.4, 0.5) is 5.13 Å². The minimum absolute atomic E-state index is 0.0724. The van der Waals surface area contributed by atoms with Crippen LogP contribution in [0.2, 0.25) is 0 Å². The molecule has 2 heterocycles. The van der Waals surface area contributed by atoms with Crippen LogP contribution in [-0.4, -0.2) is 23.5 Å². The van der Waals surface area contributed by atoms with Gasteiger partial charge in [0.25, 0.3) is 0 Å². The van der Waals surface area contributed by atoms with Gasteiger partial charge in [-0.25, -0.2) is 13.4 Å². The molecule has 0 amide bonds. The maximum atomic E-state index is 12.1. The predicted molar refractivity (Wildman–Crippen MR) is 78.9 cm³/mol. The summed E-state index contributed by atoms with van der Waals surface area (Å²) in [5.74, 6) is 1.12. The van der Waals surface area contributed by atoms with E-state index in [-0.39, 0.29) is 17.7 Å². The molecule has 3 rings (SSSR count). The van der Waals surface area contributed by atoms with Crippen LogP contribution in [0, 0.1) is 0 Å². The summed E-state index contributed by atoms with van der Waals surface area (Å²) in [6.45, 7) is 4.06. The molecule has 20 heavy (non-hydrogen) atoms. The Morgan fingerprint density at radius 2 is 2.10 bits per heavy atom. The van der Waals surface area contributed by atoms with E-state index in [9.17, 15) is 8.42 Å². The van der Waals surface area contributed by atoms with Gasteiger partial charge in [-0.05, 0) is 11.6 Å². The van der Waals surface area contributed by atoms with Crippen molar-refractivity contribution in [1.29, 1.82) is 0 Å². The number of benzene rings is 1. The van der Waals surface area contributed by atoms with Crippen molar-refractivity contribution in [3.63, 3.8) is 0 Å².